The molecule has 3 heterocycles. The van der Waals surface area contributed by atoms with Crippen LogP contribution in [0.1, 0.15) is 18.1 Å². The van der Waals surface area contributed by atoms with Crippen molar-refractivity contribution in [1.29, 1.82) is 0 Å². The van der Waals surface area contributed by atoms with E-state index in [1.165, 1.54) is 5.56 Å². The maximum Gasteiger partial charge on any atom is 0.312 e. The van der Waals surface area contributed by atoms with E-state index in [4.69, 9.17) is 9.47 Å². The average Bonchev–Trinajstić information content (AvgIpc) is 3.19. The lowest BCUT2D eigenvalue weighted by Crippen LogP contribution is -2.40. The fraction of sp³-hybridized carbons (Fsp3) is 0.474. The van der Waals surface area contributed by atoms with Crippen molar-refractivity contribution in [3.63, 3.8) is 0 Å². The summed E-state index contributed by atoms with van der Waals surface area (Å²) in [7, 11) is 0. The van der Waals surface area contributed by atoms with Gasteiger partial charge >= 0.3 is 5.97 Å². The van der Waals surface area contributed by atoms with Crippen LogP contribution in [0, 0.1) is 18.8 Å². The number of carbonyl (C=O) groups is 2. The minimum Gasteiger partial charge on any atom is -0.466 e. The molecule has 24 heavy (non-hydrogen) atoms. The topological polar surface area (TPSA) is 55.8 Å². The number of nitrogens with zero attached hydrogens (tertiary/aromatic N) is 1. The molecule has 3 aliphatic heterocycles. The molecule has 1 aromatic carbocycles. The highest BCUT2D eigenvalue weighted by molar-refractivity contribution is 5.91. The highest BCUT2D eigenvalue weighted by Crippen LogP contribution is 2.52. The maximum atomic E-state index is 13.0. The molecule has 1 amide bonds. The number of aryl methyl sites for hydroxylation is 1. The van der Waals surface area contributed by atoms with Gasteiger partial charge < -0.3 is 14.4 Å². The highest BCUT2D eigenvalue weighted by atomic mass is 16.6. The van der Waals surface area contributed by atoms with Crippen LogP contribution in [0.15, 0.2) is 36.4 Å². The van der Waals surface area contributed by atoms with Gasteiger partial charge in [0.05, 0.1) is 25.2 Å². The summed E-state index contributed by atoms with van der Waals surface area (Å²) >= 11 is 0. The first-order valence-electron chi connectivity index (χ1n) is 8.42. The Bertz CT molecular complexity index is 711. The number of carbonyl (C=O) groups excluding carboxylic acids is 2. The summed E-state index contributed by atoms with van der Waals surface area (Å²) in [5.41, 5.74) is 1.61. The molecule has 0 aromatic heterocycles. The molecule has 3 aliphatic rings. The Morgan fingerprint density at radius 2 is 2.12 bits per heavy atom. The number of hydrogen-bond donors (Lipinski definition) is 0. The Hall–Kier alpha value is -2.14. The lowest BCUT2D eigenvalue weighted by atomic mass is 9.77. The predicted molar refractivity (Wildman–Crippen MR) is 87.0 cm³/mol. The zero-order valence-corrected chi connectivity index (χ0v) is 13.9. The monoisotopic (exact) mass is 327 g/mol. The zero-order chi connectivity index (χ0) is 16.9. The SMILES string of the molecule is CCOC(=O)C1[C@H]2C=CC3(CN(Cc4ccc(C)cc4)C(=O)[C@@H]13)O2. The van der Waals surface area contributed by atoms with Crippen molar-refractivity contribution in [2.45, 2.75) is 32.1 Å². The van der Waals surface area contributed by atoms with E-state index in [1.54, 1.807) is 11.8 Å². The molecule has 2 unspecified atom stereocenters. The molecule has 4 rings (SSSR count). The van der Waals surface area contributed by atoms with Crippen LogP contribution < -0.4 is 0 Å². The summed E-state index contributed by atoms with van der Waals surface area (Å²) in [6.07, 6.45) is 3.53. The molecule has 2 fully saturated rings. The van der Waals surface area contributed by atoms with Crippen molar-refractivity contribution in [1.82, 2.24) is 4.90 Å². The van der Waals surface area contributed by atoms with E-state index < -0.39 is 17.4 Å². The normalized spacial score (nSPS) is 33.2. The number of likely N-dealkylation sites (tertiary alicyclic amines) is 1. The third-order valence-corrected chi connectivity index (χ3v) is 5.23. The van der Waals surface area contributed by atoms with Gasteiger partial charge in [0.2, 0.25) is 5.91 Å². The minimum absolute atomic E-state index is 0.0134. The first-order chi connectivity index (χ1) is 11.5. The Balaban J connectivity index is 1.58. The van der Waals surface area contributed by atoms with E-state index in [9.17, 15) is 9.59 Å². The van der Waals surface area contributed by atoms with Crippen LogP contribution in [-0.4, -0.2) is 41.6 Å². The standard InChI is InChI=1S/C19H21NO4/c1-3-23-18(22)15-14-8-9-19(24-14)11-20(17(21)16(15)19)10-13-6-4-12(2)5-7-13/h4-9,14-16H,3,10-11H2,1-2H3/t14-,15?,16-,19?/m1/s1. The van der Waals surface area contributed by atoms with Gasteiger partial charge in [-0.2, -0.15) is 0 Å². The van der Waals surface area contributed by atoms with Gasteiger partial charge in [-0.25, -0.2) is 0 Å². The van der Waals surface area contributed by atoms with Crippen LogP contribution in [0.2, 0.25) is 0 Å². The molecule has 4 atom stereocenters. The average molecular weight is 327 g/mol. The molecule has 2 bridgehead atoms. The van der Waals surface area contributed by atoms with E-state index in [-0.39, 0.29) is 18.0 Å². The van der Waals surface area contributed by atoms with Crippen molar-refractivity contribution >= 4 is 11.9 Å². The molecule has 1 spiro atoms. The molecule has 2 saturated heterocycles. The second kappa shape index (κ2) is 5.45. The van der Waals surface area contributed by atoms with E-state index in [0.717, 1.165) is 5.56 Å². The summed E-state index contributed by atoms with van der Waals surface area (Å²) < 4.78 is 11.2. The van der Waals surface area contributed by atoms with Crippen molar-refractivity contribution in [2.24, 2.45) is 11.8 Å². The summed E-state index contributed by atoms with van der Waals surface area (Å²) in [5.74, 6) is -1.33. The van der Waals surface area contributed by atoms with Crippen LogP contribution in [0.3, 0.4) is 0 Å². The van der Waals surface area contributed by atoms with E-state index in [1.807, 2.05) is 43.3 Å². The first-order valence-corrected chi connectivity index (χ1v) is 8.42. The fourth-order valence-electron chi connectivity index (χ4n) is 4.13. The Morgan fingerprint density at radius 1 is 1.38 bits per heavy atom. The highest BCUT2D eigenvalue weighted by Gasteiger charge is 2.67. The number of ether oxygens (including phenoxy) is 2. The fourth-order valence-corrected chi connectivity index (χ4v) is 4.13. The molecule has 1 aromatic rings. The maximum absolute atomic E-state index is 13.0. The number of benzene rings is 1. The molecule has 5 nitrogen and oxygen atoms in total. The summed E-state index contributed by atoms with van der Waals surface area (Å²) in [5, 5.41) is 0. The lowest BCUT2D eigenvalue weighted by Gasteiger charge is -2.22. The predicted octanol–water partition coefficient (Wildman–Crippen LogP) is 1.84. The number of hydrogen-bond acceptors (Lipinski definition) is 4. The van der Waals surface area contributed by atoms with E-state index >= 15 is 0 Å². The van der Waals surface area contributed by atoms with Crippen molar-refractivity contribution in [3.8, 4) is 0 Å². The van der Waals surface area contributed by atoms with Gasteiger partial charge in [0.1, 0.15) is 11.5 Å². The third-order valence-electron chi connectivity index (χ3n) is 5.23. The van der Waals surface area contributed by atoms with Crippen LogP contribution in [0.25, 0.3) is 0 Å². The quantitative estimate of drug-likeness (QED) is 0.625. The van der Waals surface area contributed by atoms with Gasteiger partial charge in [0, 0.05) is 6.54 Å². The first kappa shape index (κ1) is 15.4. The number of esters is 1. The molecule has 0 radical (unpaired) electrons. The minimum atomic E-state index is -0.663. The van der Waals surface area contributed by atoms with Gasteiger partial charge in [-0.3, -0.25) is 9.59 Å². The summed E-state index contributed by atoms with van der Waals surface area (Å²) in [4.78, 5) is 27.1. The van der Waals surface area contributed by atoms with E-state index in [2.05, 4.69) is 0 Å². The van der Waals surface area contributed by atoms with Crippen LogP contribution in [0.4, 0.5) is 0 Å². The van der Waals surface area contributed by atoms with Gasteiger partial charge in [-0.15, -0.1) is 0 Å². The number of rotatable bonds is 4. The summed E-state index contributed by atoms with van der Waals surface area (Å²) in [6.45, 7) is 5.15. The second-order valence-corrected chi connectivity index (χ2v) is 6.83. The van der Waals surface area contributed by atoms with Crippen LogP contribution in [0.5, 0.6) is 0 Å². The van der Waals surface area contributed by atoms with Crippen molar-refractivity contribution in [2.75, 3.05) is 13.2 Å². The largest absolute Gasteiger partial charge is 0.466 e. The smallest absolute Gasteiger partial charge is 0.312 e. The second-order valence-electron chi connectivity index (χ2n) is 6.83. The zero-order valence-electron chi connectivity index (χ0n) is 13.9. The summed E-state index contributed by atoms with van der Waals surface area (Å²) in [6, 6.07) is 8.15. The van der Waals surface area contributed by atoms with Crippen LogP contribution in [-0.2, 0) is 25.6 Å². The Labute approximate surface area is 141 Å². The van der Waals surface area contributed by atoms with Gasteiger partial charge in [0.25, 0.3) is 0 Å². The molecule has 0 N–H and O–H groups in total. The number of fused-ring (bicyclic) bond motifs is 1. The molecule has 126 valence electrons. The Morgan fingerprint density at radius 3 is 2.83 bits per heavy atom. The van der Waals surface area contributed by atoms with Crippen LogP contribution >= 0.6 is 0 Å². The van der Waals surface area contributed by atoms with E-state index in [0.29, 0.717) is 19.7 Å². The van der Waals surface area contributed by atoms with Gasteiger partial charge in [-0.05, 0) is 19.4 Å². The molecular weight excluding hydrogens is 306 g/mol. The van der Waals surface area contributed by atoms with Gasteiger partial charge in [-0.1, -0.05) is 42.0 Å². The number of amides is 1. The third kappa shape index (κ3) is 2.18. The van der Waals surface area contributed by atoms with Crippen molar-refractivity contribution in [3.05, 3.63) is 47.5 Å². The molecule has 5 heteroatoms. The molecule has 0 aliphatic carbocycles. The molecule has 0 saturated carbocycles. The van der Waals surface area contributed by atoms with Gasteiger partial charge in [0.15, 0.2) is 0 Å². The Kier molecular flexibility index (Phi) is 3.49. The van der Waals surface area contributed by atoms with Crippen molar-refractivity contribution < 1.29 is 19.1 Å². The lowest BCUT2D eigenvalue weighted by molar-refractivity contribution is -0.153. The molecular formula is C19H21NO4.